The van der Waals surface area contributed by atoms with Crippen LogP contribution in [0.25, 0.3) is 10.9 Å². The van der Waals surface area contributed by atoms with Crippen LogP contribution >= 0.6 is 0 Å². The molecule has 0 unspecified atom stereocenters. The molecule has 0 aliphatic rings. The number of methoxy groups -OCH3 is 1. The number of pyridine rings is 1. The zero-order valence-electron chi connectivity index (χ0n) is 16.5. The van der Waals surface area contributed by atoms with Crippen LogP contribution in [-0.4, -0.2) is 37.2 Å². The van der Waals surface area contributed by atoms with Gasteiger partial charge in [0, 0.05) is 11.6 Å². The second-order valence-electron chi connectivity index (χ2n) is 6.05. The van der Waals surface area contributed by atoms with Gasteiger partial charge in [0.05, 0.1) is 42.8 Å². The third-order valence-corrected chi connectivity index (χ3v) is 4.24. The molecule has 1 N–H and O–H groups in total. The molecule has 0 radical (unpaired) electrons. The van der Waals surface area contributed by atoms with Crippen molar-refractivity contribution in [3.63, 3.8) is 0 Å². The molecule has 0 fully saturated rings. The maximum Gasteiger partial charge on any atom is 0.341 e. The number of para-hydroxylation sites is 2. The highest BCUT2D eigenvalue weighted by Crippen LogP contribution is 2.34. The van der Waals surface area contributed by atoms with Crippen LogP contribution in [0.5, 0.6) is 5.75 Å². The van der Waals surface area contributed by atoms with Crippen molar-refractivity contribution in [2.24, 2.45) is 0 Å². The Morgan fingerprint density at radius 1 is 1.00 bits per heavy atom. The lowest BCUT2D eigenvalue weighted by Gasteiger charge is -2.16. The molecule has 150 valence electrons. The number of ether oxygens (including phenoxy) is 3. The first-order valence-corrected chi connectivity index (χ1v) is 9.26. The van der Waals surface area contributed by atoms with E-state index in [-0.39, 0.29) is 18.8 Å². The van der Waals surface area contributed by atoms with Gasteiger partial charge in [0.1, 0.15) is 11.3 Å². The Balaban J connectivity index is 2.20. The van der Waals surface area contributed by atoms with E-state index in [0.29, 0.717) is 33.6 Å². The number of carbonyl (C=O) groups is 2. The summed E-state index contributed by atoms with van der Waals surface area (Å²) in [5.74, 6) is -0.353. The Hall–Kier alpha value is -3.61. The molecule has 2 aromatic carbocycles. The number of esters is 2. The topological polar surface area (TPSA) is 86.8 Å². The molecule has 0 aliphatic carbocycles. The van der Waals surface area contributed by atoms with Crippen LogP contribution in [0.4, 0.5) is 11.4 Å². The fraction of sp³-hybridized carbons (Fsp3) is 0.227. The first-order chi connectivity index (χ1) is 14.1. The number of hydrogen-bond acceptors (Lipinski definition) is 7. The number of aromatic nitrogens is 1. The number of fused-ring (bicyclic) bond motifs is 1. The molecule has 3 aromatic rings. The van der Waals surface area contributed by atoms with Crippen molar-refractivity contribution in [1.29, 1.82) is 0 Å². The summed E-state index contributed by atoms with van der Waals surface area (Å²) in [7, 11) is 1.57. The van der Waals surface area contributed by atoms with E-state index < -0.39 is 11.9 Å². The van der Waals surface area contributed by atoms with Gasteiger partial charge in [0.2, 0.25) is 0 Å². The summed E-state index contributed by atoms with van der Waals surface area (Å²) in [6, 6.07) is 12.3. The second kappa shape index (κ2) is 9.05. The number of rotatable bonds is 7. The Morgan fingerprint density at radius 3 is 2.45 bits per heavy atom. The van der Waals surface area contributed by atoms with Crippen molar-refractivity contribution in [1.82, 2.24) is 4.98 Å². The average Bonchev–Trinajstić information content (AvgIpc) is 2.74. The molecule has 1 heterocycles. The van der Waals surface area contributed by atoms with Gasteiger partial charge in [-0.3, -0.25) is 4.98 Å². The summed E-state index contributed by atoms with van der Waals surface area (Å²) in [5, 5.41) is 3.84. The van der Waals surface area contributed by atoms with E-state index in [1.165, 1.54) is 6.20 Å². The number of benzene rings is 2. The second-order valence-corrected chi connectivity index (χ2v) is 6.05. The maximum atomic E-state index is 12.6. The quantitative estimate of drug-likeness (QED) is 0.597. The Bertz CT molecular complexity index is 1040. The van der Waals surface area contributed by atoms with Crippen LogP contribution in [0.1, 0.15) is 34.6 Å². The first-order valence-electron chi connectivity index (χ1n) is 9.26. The molecule has 7 nitrogen and oxygen atoms in total. The van der Waals surface area contributed by atoms with Gasteiger partial charge in [0.15, 0.2) is 0 Å². The Morgan fingerprint density at radius 2 is 1.72 bits per heavy atom. The zero-order valence-corrected chi connectivity index (χ0v) is 16.5. The van der Waals surface area contributed by atoms with E-state index in [0.717, 1.165) is 0 Å². The standard InChI is InChI=1S/C22H22N2O5/c1-4-28-21(25)14-10-11-17-15(12-14)20(16(13-23-17)22(26)29-5-2)24-18-8-6-7-9-19(18)27-3/h6-13H,4-5H2,1-3H3,(H,23,24). The molecule has 0 saturated carbocycles. The van der Waals surface area contributed by atoms with Gasteiger partial charge in [-0.2, -0.15) is 0 Å². The molecule has 29 heavy (non-hydrogen) atoms. The van der Waals surface area contributed by atoms with Crippen LogP contribution in [-0.2, 0) is 9.47 Å². The molecule has 3 rings (SSSR count). The lowest BCUT2D eigenvalue weighted by molar-refractivity contribution is 0.0518. The number of carbonyl (C=O) groups excluding carboxylic acids is 2. The minimum atomic E-state index is -0.513. The van der Waals surface area contributed by atoms with Crippen molar-refractivity contribution >= 4 is 34.2 Å². The SMILES string of the molecule is CCOC(=O)c1ccc2ncc(C(=O)OCC)c(Nc3ccccc3OC)c2c1. The fourth-order valence-corrected chi connectivity index (χ4v) is 2.91. The molecule has 1 aromatic heterocycles. The molecule has 0 spiro atoms. The largest absolute Gasteiger partial charge is 0.495 e. The van der Waals surface area contributed by atoms with Gasteiger partial charge in [0.25, 0.3) is 0 Å². The van der Waals surface area contributed by atoms with Gasteiger partial charge in [-0.15, -0.1) is 0 Å². The predicted octanol–water partition coefficient (Wildman–Crippen LogP) is 4.34. The summed E-state index contributed by atoms with van der Waals surface area (Å²) in [4.78, 5) is 29.1. The van der Waals surface area contributed by atoms with Gasteiger partial charge in [-0.25, -0.2) is 9.59 Å². The van der Waals surface area contributed by atoms with Crippen molar-refractivity contribution in [3.05, 3.63) is 59.8 Å². The fourth-order valence-electron chi connectivity index (χ4n) is 2.91. The van der Waals surface area contributed by atoms with Crippen molar-refractivity contribution < 1.29 is 23.8 Å². The van der Waals surface area contributed by atoms with E-state index in [9.17, 15) is 9.59 Å². The van der Waals surface area contributed by atoms with Crippen LogP contribution in [0, 0.1) is 0 Å². The highest BCUT2D eigenvalue weighted by Gasteiger charge is 2.19. The first kappa shape index (κ1) is 20.1. The van der Waals surface area contributed by atoms with Gasteiger partial charge in [-0.05, 0) is 44.2 Å². The molecular formula is C22H22N2O5. The minimum Gasteiger partial charge on any atom is -0.495 e. The average molecular weight is 394 g/mol. The summed E-state index contributed by atoms with van der Waals surface area (Å²) in [5.41, 5.74) is 2.37. The van der Waals surface area contributed by atoms with E-state index in [2.05, 4.69) is 10.3 Å². The third-order valence-electron chi connectivity index (χ3n) is 4.24. The zero-order chi connectivity index (χ0) is 20.8. The third kappa shape index (κ3) is 4.29. The number of nitrogens with zero attached hydrogens (tertiary/aromatic N) is 1. The van der Waals surface area contributed by atoms with E-state index in [1.807, 2.05) is 18.2 Å². The molecule has 0 bridgehead atoms. The summed E-state index contributed by atoms with van der Waals surface area (Å²) >= 11 is 0. The van der Waals surface area contributed by atoms with Crippen molar-refractivity contribution in [2.45, 2.75) is 13.8 Å². The van der Waals surface area contributed by atoms with Crippen LogP contribution in [0.2, 0.25) is 0 Å². The summed E-state index contributed by atoms with van der Waals surface area (Å²) in [6.45, 7) is 3.98. The van der Waals surface area contributed by atoms with E-state index in [4.69, 9.17) is 14.2 Å². The maximum absolute atomic E-state index is 12.6. The van der Waals surface area contributed by atoms with Gasteiger partial charge >= 0.3 is 11.9 Å². The lowest BCUT2D eigenvalue weighted by Crippen LogP contribution is -2.10. The molecule has 0 aliphatic heterocycles. The number of nitrogens with one attached hydrogen (secondary N) is 1. The molecule has 7 heteroatoms. The lowest BCUT2D eigenvalue weighted by atomic mass is 10.1. The number of hydrogen-bond donors (Lipinski definition) is 1. The number of anilines is 2. The van der Waals surface area contributed by atoms with Crippen LogP contribution < -0.4 is 10.1 Å². The van der Waals surface area contributed by atoms with Crippen LogP contribution in [0.3, 0.4) is 0 Å². The van der Waals surface area contributed by atoms with Crippen LogP contribution in [0.15, 0.2) is 48.7 Å². The smallest absolute Gasteiger partial charge is 0.341 e. The van der Waals surface area contributed by atoms with E-state index >= 15 is 0 Å². The predicted molar refractivity (Wildman–Crippen MR) is 110 cm³/mol. The molecule has 0 amide bonds. The van der Waals surface area contributed by atoms with Crippen molar-refractivity contribution in [3.8, 4) is 5.75 Å². The summed E-state index contributed by atoms with van der Waals surface area (Å²) < 4.78 is 15.7. The van der Waals surface area contributed by atoms with Gasteiger partial charge < -0.3 is 19.5 Å². The normalized spacial score (nSPS) is 10.4. The highest BCUT2D eigenvalue weighted by molar-refractivity contribution is 6.08. The Kier molecular flexibility index (Phi) is 6.29. The van der Waals surface area contributed by atoms with Crippen molar-refractivity contribution in [2.75, 3.05) is 25.6 Å². The molecule has 0 atom stereocenters. The monoisotopic (exact) mass is 394 g/mol. The minimum absolute atomic E-state index is 0.230. The molecule has 0 saturated heterocycles. The summed E-state index contributed by atoms with van der Waals surface area (Å²) in [6.07, 6.45) is 1.46. The highest BCUT2D eigenvalue weighted by atomic mass is 16.5. The Labute approximate surface area is 168 Å². The molecular weight excluding hydrogens is 372 g/mol. The van der Waals surface area contributed by atoms with Gasteiger partial charge in [-0.1, -0.05) is 12.1 Å². The van der Waals surface area contributed by atoms with E-state index in [1.54, 1.807) is 45.2 Å².